The molecule has 1 N–H and O–H groups in total. The highest BCUT2D eigenvalue weighted by Gasteiger charge is 2.18. The molecule has 18 heavy (non-hydrogen) atoms. The Morgan fingerprint density at radius 3 is 2.22 bits per heavy atom. The van der Waals surface area contributed by atoms with E-state index in [0.717, 1.165) is 6.42 Å². The van der Waals surface area contributed by atoms with Gasteiger partial charge in [0.1, 0.15) is 5.75 Å². The highest BCUT2D eigenvalue weighted by molar-refractivity contribution is 5.41. The Morgan fingerprint density at radius 2 is 1.61 bits per heavy atom. The summed E-state index contributed by atoms with van der Waals surface area (Å²) in [5.41, 5.74) is 3.84. The minimum atomic E-state index is 0.0445. The Labute approximate surface area is 109 Å². The van der Waals surface area contributed by atoms with Gasteiger partial charge >= 0.3 is 0 Å². The van der Waals surface area contributed by atoms with Crippen LogP contribution in [0.5, 0.6) is 5.75 Å². The molecule has 0 radical (unpaired) electrons. The number of benzene rings is 2. The van der Waals surface area contributed by atoms with Gasteiger partial charge < -0.3 is 5.11 Å². The molecule has 0 fully saturated rings. The molecule has 2 rings (SSSR count). The number of phenols is 1. The lowest BCUT2D eigenvalue weighted by atomic mass is 9.82. The molecule has 0 atom stereocenters. The van der Waals surface area contributed by atoms with Crippen molar-refractivity contribution in [1.29, 1.82) is 0 Å². The molecule has 2 aromatic carbocycles. The molecule has 0 saturated heterocycles. The van der Waals surface area contributed by atoms with Crippen molar-refractivity contribution < 1.29 is 5.11 Å². The molecule has 0 bridgehead atoms. The molecule has 2 aromatic rings. The molecule has 94 valence electrons. The van der Waals surface area contributed by atoms with Crippen molar-refractivity contribution in [1.82, 2.24) is 0 Å². The van der Waals surface area contributed by atoms with Crippen LogP contribution in [0.1, 0.15) is 37.5 Å². The summed E-state index contributed by atoms with van der Waals surface area (Å²) in [5, 5.41) is 9.67. The summed E-state index contributed by atoms with van der Waals surface area (Å²) >= 11 is 0. The minimum Gasteiger partial charge on any atom is -0.508 e. The zero-order valence-electron chi connectivity index (χ0n) is 11.3. The van der Waals surface area contributed by atoms with Gasteiger partial charge in [-0.2, -0.15) is 0 Å². The summed E-state index contributed by atoms with van der Waals surface area (Å²) in [6.07, 6.45) is 0.910. The molecule has 0 aromatic heterocycles. The quantitative estimate of drug-likeness (QED) is 0.830. The summed E-state index contributed by atoms with van der Waals surface area (Å²) < 4.78 is 0. The third-order valence-corrected chi connectivity index (χ3v) is 3.14. The van der Waals surface area contributed by atoms with Crippen LogP contribution in [0.15, 0.2) is 48.5 Å². The lowest BCUT2D eigenvalue weighted by molar-refractivity contribution is 0.470. The van der Waals surface area contributed by atoms with E-state index in [9.17, 15) is 5.11 Å². The van der Waals surface area contributed by atoms with E-state index < -0.39 is 0 Å². The number of aromatic hydroxyl groups is 1. The topological polar surface area (TPSA) is 20.2 Å². The molecular formula is C17H20O. The van der Waals surface area contributed by atoms with Crippen molar-refractivity contribution in [2.75, 3.05) is 0 Å². The van der Waals surface area contributed by atoms with E-state index in [1.807, 2.05) is 18.2 Å². The zero-order chi connectivity index (χ0) is 13.2. The van der Waals surface area contributed by atoms with Crippen molar-refractivity contribution in [3.8, 4) is 5.75 Å². The van der Waals surface area contributed by atoms with Gasteiger partial charge in [0, 0.05) is 0 Å². The van der Waals surface area contributed by atoms with Crippen molar-refractivity contribution >= 4 is 0 Å². The Hall–Kier alpha value is -1.76. The molecule has 0 aliphatic heterocycles. The van der Waals surface area contributed by atoms with Crippen molar-refractivity contribution in [2.24, 2.45) is 0 Å². The van der Waals surface area contributed by atoms with E-state index in [4.69, 9.17) is 0 Å². The van der Waals surface area contributed by atoms with Gasteiger partial charge in [-0.3, -0.25) is 0 Å². The van der Waals surface area contributed by atoms with Crippen LogP contribution in [0.25, 0.3) is 0 Å². The normalized spacial score (nSPS) is 11.5. The monoisotopic (exact) mass is 240 g/mol. The van der Waals surface area contributed by atoms with Crippen molar-refractivity contribution in [3.63, 3.8) is 0 Å². The van der Waals surface area contributed by atoms with Crippen molar-refractivity contribution in [2.45, 2.75) is 32.6 Å². The highest BCUT2D eigenvalue weighted by Crippen LogP contribution is 2.30. The second-order valence-electron chi connectivity index (χ2n) is 5.75. The third-order valence-electron chi connectivity index (χ3n) is 3.14. The molecule has 0 saturated carbocycles. The maximum atomic E-state index is 9.67. The van der Waals surface area contributed by atoms with E-state index in [0.29, 0.717) is 5.75 Å². The second-order valence-corrected chi connectivity index (χ2v) is 5.75. The first-order valence-electron chi connectivity index (χ1n) is 6.33. The SMILES string of the molecule is CC(C)(C)c1cc(O)ccc1Cc1ccccc1. The summed E-state index contributed by atoms with van der Waals surface area (Å²) in [5.74, 6) is 0.344. The average Bonchev–Trinajstić information content (AvgIpc) is 2.31. The summed E-state index contributed by atoms with van der Waals surface area (Å²) in [6, 6.07) is 16.1. The van der Waals surface area contributed by atoms with Gasteiger partial charge in [0.05, 0.1) is 0 Å². The van der Waals surface area contributed by atoms with E-state index in [2.05, 4.69) is 45.0 Å². The van der Waals surface area contributed by atoms with Gasteiger partial charge in [-0.1, -0.05) is 57.2 Å². The molecule has 0 aliphatic carbocycles. The zero-order valence-corrected chi connectivity index (χ0v) is 11.3. The predicted octanol–water partition coefficient (Wildman–Crippen LogP) is 4.28. The minimum absolute atomic E-state index is 0.0445. The van der Waals surface area contributed by atoms with E-state index >= 15 is 0 Å². The number of rotatable bonds is 2. The predicted molar refractivity (Wildman–Crippen MR) is 76.1 cm³/mol. The molecule has 0 heterocycles. The Kier molecular flexibility index (Phi) is 3.42. The molecule has 1 heteroatoms. The maximum absolute atomic E-state index is 9.67. The third kappa shape index (κ3) is 2.92. The fraction of sp³-hybridized carbons (Fsp3) is 0.294. The summed E-state index contributed by atoms with van der Waals surface area (Å²) in [7, 11) is 0. The maximum Gasteiger partial charge on any atom is 0.115 e. The van der Waals surface area contributed by atoms with Gasteiger partial charge in [0.2, 0.25) is 0 Å². The van der Waals surface area contributed by atoms with E-state index in [1.54, 1.807) is 6.07 Å². The standard InChI is InChI=1S/C17H20O/c1-17(2,3)16-12-15(18)10-9-14(16)11-13-7-5-4-6-8-13/h4-10,12,18H,11H2,1-3H3. The fourth-order valence-electron chi connectivity index (χ4n) is 2.23. The van der Waals surface area contributed by atoms with Crippen LogP contribution < -0.4 is 0 Å². The molecule has 1 nitrogen and oxygen atoms in total. The van der Waals surface area contributed by atoms with Crippen LogP contribution in [0.4, 0.5) is 0 Å². The van der Waals surface area contributed by atoms with Gasteiger partial charge in [0.15, 0.2) is 0 Å². The smallest absolute Gasteiger partial charge is 0.115 e. The van der Waals surface area contributed by atoms with Gasteiger partial charge in [-0.05, 0) is 40.7 Å². The largest absolute Gasteiger partial charge is 0.508 e. The lowest BCUT2D eigenvalue weighted by Gasteiger charge is -2.23. The molecule has 0 amide bonds. The summed E-state index contributed by atoms with van der Waals surface area (Å²) in [4.78, 5) is 0. The first-order valence-corrected chi connectivity index (χ1v) is 6.33. The first-order chi connectivity index (χ1) is 8.47. The number of hydrogen-bond acceptors (Lipinski definition) is 1. The first kappa shape index (κ1) is 12.7. The van der Waals surface area contributed by atoms with Gasteiger partial charge in [-0.15, -0.1) is 0 Å². The number of hydrogen-bond donors (Lipinski definition) is 1. The molecule has 0 aliphatic rings. The van der Waals surface area contributed by atoms with Crippen molar-refractivity contribution in [3.05, 3.63) is 65.2 Å². The van der Waals surface area contributed by atoms with Crippen LogP contribution in [0.2, 0.25) is 0 Å². The fourth-order valence-corrected chi connectivity index (χ4v) is 2.23. The van der Waals surface area contributed by atoms with Gasteiger partial charge in [-0.25, -0.2) is 0 Å². The summed E-state index contributed by atoms with van der Waals surface area (Å²) in [6.45, 7) is 6.53. The van der Waals surface area contributed by atoms with E-state index in [-0.39, 0.29) is 5.41 Å². The van der Waals surface area contributed by atoms with Crippen LogP contribution in [-0.2, 0) is 11.8 Å². The van der Waals surface area contributed by atoms with E-state index in [1.165, 1.54) is 16.7 Å². The second kappa shape index (κ2) is 4.85. The van der Waals surface area contributed by atoms with Gasteiger partial charge in [0.25, 0.3) is 0 Å². The van der Waals surface area contributed by atoms with Crippen LogP contribution in [-0.4, -0.2) is 5.11 Å². The van der Waals surface area contributed by atoms with Crippen LogP contribution in [0, 0.1) is 0 Å². The number of phenolic OH excluding ortho intramolecular Hbond substituents is 1. The highest BCUT2D eigenvalue weighted by atomic mass is 16.3. The van der Waals surface area contributed by atoms with Crippen LogP contribution in [0.3, 0.4) is 0 Å². The Bertz CT molecular complexity index is 521. The Balaban J connectivity index is 2.39. The molecular weight excluding hydrogens is 220 g/mol. The lowest BCUT2D eigenvalue weighted by Crippen LogP contribution is -2.14. The van der Waals surface area contributed by atoms with Crippen LogP contribution >= 0.6 is 0 Å². The Morgan fingerprint density at radius 1 is 0.944 bits per heavy atom. The molecule has 0 spiro atoms. The molecule has 0 unspecified atom stereocenters. The average molecular weight is 240 g/mol.